The number of nitrogens with zero attached hydrogens (tertiary/aromatic N) is 4. The molecule has 0 saturated heterocycles. The van der Waals surface area contributed by atoms with E-state index >= 15 is 0 Å². The lowest BCUT2D eigenvalue weighted by Gasteiger charge is -2.09. The van der Waals surface area contributed by atoms with E-state index in [0.717, 1.165) is 37.5 Å². The number of hydrogen-bond donors (Lipinski definition) is 1. The van der Waals surface area contributed by atoms with Gasteiger partial charge in [0.25, 0.3) is 0 Å². The zero-order chi connectivity index (χ0) is 19.3. The highest BCUT2D eigenvalue weighted by molar-refractivity contribution is 7.18. The van der Waals surface area contributed by atoms with Crippen LogP contribution in [0.3, 0.4) is 0 Å². The molecule has 1 N–H and O–H groups in total. The van der Waals surface area contributed by atoms with Gasteiger partial charge in [-0.25, -0.2) is 18.9 Å². The summed E-state index contributed by atoms with van der Waals surface area (Å²) >= 11 is 1.57. The van der Waals surface area contributed by atoms with Crippen LogP contribution in [0.4, 0.5) is 5.69 Å². The fourth-order valence-electron chi connectivity index (χ4n) is 3.08. The van der Waals surface area contributed by atoms with E-state index < -0.39 is 0 Å². The van der Waals surface area contributed by atoms with Crippen molar-refractivity contribution in [2.75, 3.05) is 5.32 Å². The third kappa shape index (κ3) is 2.82. The Balaban J connectivity index is 1.71. The lowest BCUT2D eigenvalue weighted by atomic mass is 10.1. The van der Waals surface area contributed by atoms with E-state index in [4.69, 9.17) is 0 Å². The first-order chi connectivity index (χ1) is 12.9. The summed E-state index contributed by atoms with van der Waals surface area (Å²) in [7, 11) is 0. The van der Waals surface area contributed by atoms with Crippen LogP contribution in [0.2, 0.25) is 0 Å². The first-order valence-corrected chi connectivity index (χ1v) is 9.38. The summed E-state index contributed by atoms with van der Waals surface area (Å²) in [5, 5.41) is 8.14. The van der Waals surface area contributed by atoms with Crippen LogP contribution in [-0.2, 0) is 11.3 Å². The molecular formula is C19H19N5O2S. The number of fused-ring (bicyclic) bond motifs is 3. The summed E-state index contributed by atoms with van der Waals surface area (Å²) in [5.74, 6) is -0.295. The highest BCUT2D eigenvalue weighted by atomic mass is 32.1. The van der Waals surface area contributed by atoms with Gasteiger partial charge in [0, 0.05) is 10.6 Å². The predicted octanol–water partition coefficient (Wildman–Crippen LogP) is 2.98. The molecule has 1 aromatic carbocycles. The molecule has 0 aliphatic heterocycles. The number of anilines is 1. The number of carbonyl (C=O) groups is 1. The molecule has 4 rings (SSSR count). The van der Waals surface area contributed by atoms with Crippen LogP contribution in [0.1, 0.15) is 21.6 Å². The lowest BCUT2D eigenvalue weighted by Crippen LogP contribution is -2.28. The van der Waals surface area contributed by atoms with Crippen molar-refractivity contribution < 1.29 is 4.79 Å². The first-order valence-electron chi connectivity index (χ1n) is 8.56. The largest absolute Gasteiger partial charge is 0.352 e. The van der Waals surface area contributed by atoms with Gasteiger partial charge in [-0.15, -0.1) is 16.4 Å². The van der Waals surface area contributed by atoms with Crippen LogP contribution >= 0.6 is 11.3 Å². The third-order valence-electron chi connectivity index (χ3n) is 4.92. The van der Waals surface area contributed by atoms with E-state index in [1.807, 2.05) is 45.9 Å². The molecule has 0 atom stereocenters. The van der Waals surface area contributed by atoms with Crippen LogP contribution in [0.15, 0.2) is 29.3 Å². The minimum atomic E-state index is -0.376. The SMILES string of the molecule is Cc1cccc(NC(=O)Cn2nc3c4c(C)c(C)sc4ncn3c2=O)c1C. The van der Waals surface area contributed by atoms with E-state index in [-0.39, 0.29) is 18.1 Å². The van der Waals surface area contributed by atoms with Crippen molar-refractivity contribution in [3.8, 4) is 0 Å². The Labute approximate surface area is 159 Å². The molecule has 0 saturated carbocycles. The van der Waals surface area contributed by atoms with Crippen molar-refractivity contribution in [1.29, 1.82) is 0 Å². The van der Waals surface area contributed by atoms with Gasteiger partial charge >= 0.3 is 5.69 Å². The predicted molar refractivity (Wildman–Crippen MR) is 107 cm³/mol. The molecule has 0 bridgehead atoms. The van der Waals surface area contributed by atoms with Crippen molar-refractivity contribution >= 4 is 38.8 Å². The van der Waals surface area contributed by atoms with Crippen LogP contribution in [0.25, 0.3) is 15.9 Å². The van der Waals surface area contributed by atoms with Crippen LogP contribution in [0, 0.1) is 27.7 Å². The van der Waals surface area contributed by atoms with Crippen molar-refractivity contribution in [3.63, 3.8) is 0 Å². The van der Waals surface area contributed by atoms with Gasteiger partial charge in [-0.05, 0) is 50.5 Å². The van der Waals surface area contributed by atoms with Crippen molar-refractivity contribution in [2.45, 2.75) is 34.2 Å². The van der Waals surface area contributed by atoms with Crippen molar-refractivity contribution in [2.24, 2.45) is 0 Å². The lowest BCUT2D eigenvalue weighted by molar-refractivity contribution is -0.117. The van der Waals surface area contributed by atoms with E-state index in [1.54, 1.807) is 11.3 Å². The summed E-state index contributed by atoms with van der Waals surface area (Å²) < 4.78 is 2.58. The highest BCUT2D eigenvalue weighted by Crippen LogP contribution is 2.30. The Morgan fingerprint density at radius 3 is 2.74 bits per heavy atom. The molecule has 0 radical (unpaired) electrons. The zero-order valence-electron chi connectivity index (χ0n) is 15.5. The van der Waals surface area contributed by atoms with E-state index in [1.165, 1.54) is 15.4 Å². The molecule has 7 nitrogen and oxygen atoms in total. The van der Waals surface area contributed by atoms with Gasteiger partial charge in [-0.1, -0.05) is 12.1 Å². The molecule has 0 spiro atoms. The van der Waals surface area contributed by atoms with Gasteiger partial charge in [0.1, 0.15) is 17.7 Å². The van der Waals surface area contributed by atoms with Gasteiger partial charge in [-0.3, -0.25) is 4.79 Å². The fourth-order valence-corrected chi connectivity index (χ4v) is 4.07. The molecule has 0 aliphatic rings. The highest BCUT2D eigenvalue weighted by Gasteiger charge is 2.17. The molecule has 3 aromatic heterocycles. The van der Waals surface area contributed by atoms with Gasteiger partial charge < -0.3 is 5.32 Å². The van der Waals surface area contributed by atoms with Gasteiger partial charge in [-0.2, -0.15) is 0 Å². The van der Waals surface area contributed by atoms with Crippen LogP contribution in [0.5, 0.6) is 0 Å². The minimum absolute atomic E-state index is 0.155. The van der Waals surface area contributed by atoms with Crippen LogP contribution in [-0.4, -0.2) is 25.1 Å². The molecule has 0 fully saturated rings. The standard InChI is InChI=1S/C19H19N5O2S/c1-10-6-5-7-14(11(10)2)21-15(25)8-24-19(26)23-9-20-18-16(17(23)22-24)12(3)13(4)27-18/h5-7,9H,8H2,1-4H3,(H,21,25). The average Bonchev–Trinajstić information content (AvgIpc) is 3.09. The normalized spacial score (nSPS) is 11.4. The number of aromatic nitrogens is 4. The second-order valence-corrected chi connectivity index (χ2v) is 7.84. The molecule has 8 heteroatoms. The zero-order valence-corrected chi connectivity index (χ0v) is 16.3. The van der Waals surface area contributed by atoms with E-state index in [9.17, 15) is 9.59 Å². The second kappa shape index (κ2) is 6.31. The second-order valence-electron chi connectivity index (χ2n) is 6.64. The maximum atomic E-state index is 12.6. The Bertz CT molecular complexity index is 1260. The Kier molecular flexibility index (Phi) is 4.07. The number of thiophene rings is 1. The number of carbonyl (C=O) groups excluding carboxylic acids is 1. The topological polar surface area (TPSA) is 81.3 Å². The molecular weight excluding hydrogens is 362 g/mol. The van der Waals surface area contributed by atoms with Gasteiger partial charge in [0.2, 0.25) is 5.91 Å². The molecule has 0 unspecified atom stereocenters. The number of rotatable bonds is 3. The Morgan fingerprint density at radius 2 is 1.96 bits per heavy atom. The van der Waals surface area contributed by atoms with Crippen molar-refractivity contribution in [1.82, 2.24) is 19.2 Å². The summed E-state index contributed by atoms with van der Waals surface area (Å²) in [6.45, 7) is 7.79. The minimum Gasteiger partial charge on any atom is -0.324 e. The van der Waals surface area contributed by atoms with Crippen molar-refractivity contribution in [3.05, 3.63) is 56.6 Å². The molecule has 27 heavy (non-hydrogen) atoms. The molecule has 4 aromatic rings. The molecule has 0 aliphatic carbocycles. The number of hydrogen-bond acceptors (Lipinski definition) is 5. The fraction of sp³-hybridized carbons (Fsp3) is 0.263. The number of aryl methyl sites for hydroxylation is 3. The average molecular weight is 381 g/mol. The number of amides is 1. The quantitative estimate of drug-likeness (QED) is 0.592. The third-order valence-corrected chi connectivity index (χ3v) is 6.04. The number of benzene rings is 1. The van der Waals surface area contributed by atoms with E-state index in [2.05, 4.69) is 15.4 Å². The smallest absolute Gasteiger partial charge is 0.324 e. The summed E-state index contributed by atoms with van der Waals surface area (Å²) in [4.78, 5) is 31.5. The molecule has 138 valence electrons. The monoisotopic (exact) mass is 381 g/mol. The maximum Gasteiger partial charge on any atom is 0.352 e. The summed E-state index contributed by atoms with van der Waals surface area (Å²) in [6, 6.07) is 5.72. The number of nitrogens with one attached hydrogen (secondary N) is 1. The Morgan fingerprint density at radius 1 is 1.19 bits per heavy atom. The first kappa shape index (κ1) is 17.4. The van der Waals surface area contributed by atoms with E-state index in [0.29, 0.717) is 5.65 Å². The Hall–Kier alpha value is -3.00. The van der Waals surface area contributed by atoms with Gasteiger partial charge in [0.15, 0.2) is 5.65 Å². The maximum absolute atomic E-state index is 12.6. The van der Waals surface area contributed by atoms with Crippen LogP contribution < -0.4 is 11.0 Å². The van der Waals surface area contributed by atoms with Gasteiger partial charge in [0.05, 0.1) is 5.39 Å². The molecule has 1 amide bonds. The summed E-state index contributed by atoms with van der Waals surface area (Å²) in [6.07, 6.45) is 1.47. The molecule has 3 heterocycles. The summed E-state index contributed by atoms with van der Waals surface area (Å²) in [5.41, 5.74) is 4.05.